The molecule has 6 nitrogen and oxygen atoms in total. The lowest BCUT2D eigenvalue weighted by Crippen LogP contribution is -2.20. The summed E-state index contributed by atoms with van der Waals surface area (Å²) in [6.45, 7) is 3.89. The van der Waals surface area contributed by atoms with Crippen LogP contribution in [0, 0.1) is 12.8 Å². The third kappa shape index (κ3) is 5.07. The average Bonchev–Trinajstić information content (AvgIpc) is 3.33. The molecule has 0 radical (unpaired) electrons. The van der Waals surface area contributed by atoms with Crippen molar-refractivity contribution in [1.82, 2.24) is 4.98 Å². The number of rotatable bonds is 7. The Morgan fingerprint density at radius 1 is 1.06 bits per heavy atom. The van der Waals surface area contributed by atoms with Crippen LogP contribution in [-0.4, -0.2) is 30.1 Å². The molecule has 1 N–H and O–H groups in total. The molecular formula is C26H28N2O4. The number of carbonyl (C=O) groups is 2. The van der Waals surface area contributed by atoms with E-state index in [2.05, 4.69) is 5.32 Å². The SMILES string of the molecule is CCOC(=O)COc1cc(-c2ccc(C)cc2)nc2ccc(NC(=O)C3CCCC3)cc12. The smallest absolute Gasteiger partial charge is 0.344 e. The Hall–Kier alpha value is -3.41. The fourth-order valence-electron chi connectivity index (χ4n) is 4.04. The van der Waals surface area contributed by atoms with Crippen molar-refractivity contribution in [2.24, 2.45) is 5.92 Å². The summed E-state index contributed by atoms with van der Waals surface area (Å²) in [5.74, 6) is 0.225. The average molecular weight is 433 g/mol. The van der Waals surface area contributed by atoms with Gasteiger partial charge in [0.2, 0.25) is 5.91 Å². The Kier molecular flexibility index (Phi) is 6.69. The van der Waals surface area contributed by atoms with Crippen LogP contribution in [0.15, 0.2) is 48.5 Å². The van der Waals surface area contributed by atoms with Crippen LogP contribution < -0.4 is 10.1 Å². The lowest BCUT2D eigenvalue weighted by Gasteiger charge is -2.14. The number of aromatic nitrogens is 1. The first kappa shape index (κ1) is 21.8. The summed E-state index contributed by atoms with van der Waals surface area (Å²) in [7, 11) is 0. The van der Waals surface area contributed by atoms with Crippen LogP contribution in [0.4, 0.5) is 5.69 Å². The molecule has 1 saturated carbocycles. The van der Waals surface area contributed by atoms with Crippen molar-refractivity contribution in [3.8, 4) is 17.0 Å². The van der Waals surface area contributed by atoms with Crippen molar-refractivity contribution in [3.05, 3.63) is 54.1 Å². The number of aryl methyl sites for hydroxylation is 1. The van der Waals surface area contributed by atoms with Gasteiger partial charge in [0.05, 0.1) is 17.8 Å². The molecule has 32 heavy (non-hydrogen) atoms. The van der Waals surface area contributed by atoms with Gasteiger partial charge in [0.1, 0.15) is 5.75 Å². The third-order valence-corrected chi connectivity index (χ3v) is 5.76. The summed E-state index contributed by atoms with van der Waals surface area (Å²) in [4.78, 5) is 29.2. The van der Waals surface area contributed by atoms with Gasteiger partial charge < -0.3 is 14.8 Å². The minimum absolute atomic E-state index is 0.0556. The van der Waals surface area contributed by atoms with Crippen LogP contribution in [0.3, 0.4) is 0 Å². The van der Waals surface area contributed by atoms with E-state index < -0.39 is 5.97 Å². The third-order valence-electron chi connectivity index (χ3n) is 5.76. The zero-order valence-electron chi connectivity index (χ0n) is 18.5. The molecule has 0 saturated heterocycles. The van der Waals surface area contributed by atoms with E-state index in [1.165, 1.54) is 0 Å². The number of nitrogens with zero attached hydrogens (tertiary/aromatic N) is 1. The molecule has 1 heterocycles. The minimum Gasteiger partial charge on any atom is -0.481 e. The Bertz CT molecular complexity index is 1120. The topological polar surface area (TPSA) is 77.5 Å². The number of hydrogen-bond donors (Lipinski definition) is 1. The number of benzene rings is 2. The van der Waals surface area contributed by atoms with Crippen LogP contribution in [0.25, 0.3) is 22.2 Å². The fraction of sp³-hybridized carbons (Fsp3) is 0.346. The number of esters is 1. The van der Waals surface area contributed by atoms with E-state index in [1.54, 1.807) is 6.92 Å². The number of pyridine rings is 1. The van der Waals surface area contributed by atoms with Crippen LogP contribution in [0.2, 0.25) is 0 Å². The highest BCUT2D eigenvalue weighted by atomic mass is 16.6. The number of amides is 1. The summed E-state index contributed by atoms with van der Waals surface area (Å²) in [6.07, 6.45) is 4.09. The predicted octanol–water partition coefficient (Wildman–Crippen LogP) is 5.28. The maximum Gasteiger partial charge on any atom is 0.344 e. The quantitative estimate of drug-likeness (QED) is 0.514. The van der Waals surface area contributed by atoms with Crippen LogP contribution in [-0.2, 0) is 14.3 Å². The highest BCUT2D eigenvalue weighted by Gasteiger charge is 2.23. The Balaban J connectivity index is 1.68. The lowest BCUT2D eigenvalue weighted by molar-refractivity contribution is -0.145. The van der Waals surface area contributed by atoms with Gasteiger partial charge >= 0.3 is 5.97 Å². The lowest BCUT2D eigenvalue weighted by atomic mass is 10.1. The van der Waals surface area contributed by atoms with Gasteiger partial charge in [0.25, 0.3) is 0 Å². The normalized spacial score (nSPS) is 13.8. The van der Waals surface area contributed by atoms with Gasteiger partial charge in [-0.05, 0) is 44.9 Å². The van der Waals surface area contributed by atoms with Gasteiger partial charge in [-0.25, -0.2) is 9.78 Å². The van der Waals surface area contributed by atoms with E-state index in [-0.39, 0.29) is 18.4 Å². The van der Waals surface area contributed by atoms with Gasteiger partial charge in [-0.1, -0.05) is 42.7 Å². The zero-order valence-corrected chi connectivity index (χ0v) is 18.5. The highest BCUT2D eigenvalue weighted by molar-refractivity contribution is 5.97. The van der Waals surface area contributed by atoms with Crippen molar-refractivity contribution in [3.63, 3.8) is 0 Å². The van der Waals surface area contributed by atoms with E-state index in [0.29, 0.717) is 18.0 Å². The fourth-order valence-corrected chi connectivity index (χ4v) is 4.04. The van der Waals surface area contributed by atoms with E-state index in [9.17, 15) is 9.59 Å². The van der Waals surface area contributed by atoms with Gasteiger partial charge in [-0.2, -0.15) is 0 Å². The maximum absolute atomic E-state index is 12.6. The molecule has 0 unspecified atom stereocenters. The maximum atomic E-state index is 12.6. The highest BCUT2D eigenvalue weighted by Crippen LogP contribution is 2.33. The van der Waals surface area contributed by atoms with Crippen molar-refractivity contribution < 1.29 is 19.1 Å². The monoisotopic (exact) mass is 432 g/mol. The molecule has 0 aliphatic heterocycles. The summed E-state index contributed by atoms with van der Waals surface area (Å²) in [5, 5.41) is 3.76. The molecule has 1 aromatic heterocycles. The first-order valence-corrected chi connectivity index (χ1v) is 11.1. The second-order valence-electron chi connectivity index (χ2n) is 8.17. The molecule has 0 bridgehead atoms. The number of ether oxygens (including phenoxy) is 2. The number of fused-ring (bicyclic) bond motifs is 1. The van der Waals surface area contributed by atoms with Crippen molar-refractivity contribution >= 4 is 28.5 Å². The van der Waals surface area contributed by atoms with E-state index in [1.807, 2.05) is 55.5 Å². The van der Waals surface area contributed by atoms with Gasteiger partial charge in [-0.15, -0.1) is 0 Å². The van der Waals surface area contributed by atoms with Crippen molar-refractivity contribution in [1.29, 1.82) is 0 Å². The van der Waals surface area contributed by atoms with E-state index in [0.717, 1.165) is 53.4 Å². The molecule has 3 aromatic rings. The Morgan fingerprint density at radius 3 is 2.53 bits per heavy atom. The zero-order chi connectivity index (χ0) is 22.5. The second kappa shape index (κ2) is 9.81. The van der Waals surface area contributed by atoms with Crippen LogP contribution >= 0.6 is 0 Å². The molecule has 166 valence electrons. The Labute approximate surface area is 187 Å². The number of nitrogens with one attached hydrogen (secondary N) is 1. The number of carbonyl (C=O) groups excluding carboxylic acids is 2. The van der Waals surface area contributed by atoms with Crippen LogP contribution in [0.5, 0.6) is 5.75 Å². The molecule has 1 fully saturated rings. The van der Waals surface area contributed by atoms with Gasteiger partial charge in [0.15, 0.2) is 6.61 Å². The summed E-state index contributed by atoms with van der Waals surface area (Å²) < 4.78 is 10.9. The number of hydrogen-bond acceptors (Lipinski definition) is 5. The largest absolute Gasteiger partial charge is 0.481 e. The molecule has 6 heteroatoms. The first-order valence-electron chi connectivity index (χ1n) is 11.1. The van der Waals surface area contributed by atoms with Crippen molar-refractivity contribution in [2.45, 2.75) is 39.5 Å². The molecule has 1 amide bonds. The number of anilines is 1. The molecule has 0 spiro atoms. The molecule has 2 aromatic carbocycles. The summed E-state index contributed by atoms with van der Waals surface area (Å²) in [5.41, 5.74) is 4.29. The molecule has 1 aliphatic carbocycles. The summed E-state index contributed by atoms with van der Waals surface area (Å²) >= 11 is 0. The minimum atomic E-state index is -0.431. The van der Waals surface area contributed by atoms with Crippen LogP contribution in [0.1, 0.15) is 38.2 Å². The first-order chi connectivity index (χ1) is 15.5. The molecule has 4 rings (SSSR count). The predicted molar refractivity (Wildman–Crippen MR) is 125 cm³/mol. The second-order valence-corrected chi connectivity index (χ2v) is 8.17. The van der Waals surface area contributed by atoms with E-state index >= 15 is 0 Å². The van der Waals surface area contributed by atoms with Gasteiger partial charge in [0, 0.05) is 28.6 Å². The molecular weight excluding hydrogens is 404 g/mol. The molecule has 1 aliphatic rings. The standard InChI is InChI=1S/C26H28N2O4/c1-3-31-25(29)16-32-24-15-23(18-10-8-17(2)9-11-18)28-22-13-12-20(14-21(22)24)27-26(30)19-6-4-5-7-19/h8-15,19H,3-7,16H2,1-2H3,(H,27,30). The van der Waals surface area contributed by atoms with Gasteiger partial charge in [-0.3, -0.25) is 4.79 Å². The Morgan fingerprint density at radius 2 is 1.81 bits per heavy atom. The van der Waals surface area contributed by atoms with Crippen molar-refractivity contribution in [2.75, 3.05) is 18.5 Å². The molecule has 0 atom stereocenters. The summed E-state index contributed by atoms with van der Waals surface area (Å²) in [6, 6.07) is 15.5. The van der Waals surface area contributed by atoms with E-state index in [4.69, 9.17) is 14.5 Å².